The number of hydrogen-bond donors (Lipinski definition) is 3. The Kier molecular flexibility index (Phi) is 6.94. The van der Waals surface area contributed by atoms with Crippen LogP contribution < -0.4 is 25.6 Å². The molecule has 1 aliphatic rings. The minimum Gasteiger partial charge on any atom is -0.496 e. The molecule has 7 heteroatoms. The van der Waals surface area contributed by atoms with Crippen molar-refractivity contribution in [1.82, 2.24) is 16.0 Å². The third-order valence-corrected chi connectivity index (χ3v) is 4.91. The Morgan fingerprint density at radius 2 is 1.93 bits per heavy atom. The second-order valence-corrected chi connectivity index (χ2v) is 7.03. The van der Waals surface area contributed by atoms with Gasteiger partial charge in [-0.05, 0) is 36.2 Å². The molecule has 3 N–H and O–H groups in total. The fourth-order valence-corrected chi connectivity index (χ4v) is 3.27. The largest absolute Gasteiger partial charge is 0.496 e. The number of guanidine groups is 1. The van der Waals surface area contributed by atoms with Gasteiger partial charge in [0.15, 0.2) is 5.96 Å². The summed E-state index contributed by atoms with van der Waals surface area (Å²) in [7, 11) is 3.44. The lowest BCUT2D eigenvalue weighted by molar-refractivity contribution is -0.120. The van der Waals surface area contributed by atoms with Crippen LogP contribution in [0.25, 0.3) is 0 Å². The van der Waals surface area contributed by atoms with Crippen molar-refractivity contribution in [3.8, 4) is 5.75 Å². The molecule has 2 aromatic carbocycles. The summed E-state index contributed by atoms with van der Waals surface area (Å²) in [6, 6.07) is 14.4. The molecule has 0 aromatic heterocycles. The third-order valence-electron chi connectivity index (χ3n) is 4.91. The number of methoxy groups -OCH3 is 1. The molecule has 0 atom stereocenters. The standard InChI is InChI=1S/C22H29N5O2/c1-16-4-7-18(20(12-16)29-3)14-26-22(23-2)25-13-17-5-8-19(9-6-17)27-11-10-24-21(28)15-27/h4-9,12H,10-11,13-15H2,1-3H3,(H,24,28)(H2,23,25,26). The van der Waals surface area contributed by atoms with Gasteiger partial charge in [0.2, 0.25) is 5.91 Å². The van der Waals surface area contributed by atoms with Crippen molar-refractivity contribution in [2.75, 3.05) is 38.7 Å². The van der Waals surface area contributed by atoms with E-state index in [4.69, 9.17) is 4.74 Å². The second-order valence-electron chi connectivity index (χ2n) is 7.03. The lowest BCUT2D eigenvalue weighted by Crippen LogP contribution is -2.47. The number of rotatable bonds is 6. The number of carbonyl (C=O) groups excluding carboxylic acids is 1. The van der Waals surface area contributed by atoms with Gasteiger partial charge in [-0.3, -0.25) is 9.79 Å². The second kappa shape index (κ2) is 9.82. The maximum absolute atomic E-state index is 11.6. The van der Waals surface area contributed by atoms with E-state index >= 15 is 0 Å². The number of piperazine rings is 1. The van der Waals surface area contributed by atoms with Gasteiger partial charge in [-0.2, -0.15) is 0 Å². The maximum Gasteiger partial charge on any atom is 0.239 e. The molecule has 0 unspecified atom stereocenters. The number of carbonyl (C=O) groups is 1. The van der Waals surface area contributed by atoms with Crippen LogP contribution in [0, 0.1) is 6.92 Å². The molecular formula is C22H29N5O2. The average Bonchev–Trinajstić information content (AvgIpc) is 2.75. The summed E-state index contributed by atoms with van der Waals surface area (Å²) >= 11 is 0. The molecule has 3 rings (SSSR count). The first-order chi connectivity index (χ1) is 14.1. The van der Waals surface area contributed by atoms with E-state index in [-0.39, 0.29) is 5.91 Å². The Hall–Kier alpha value is -3.22. The fourth-order valence-electron chi connectivity index (χ4n) is 3.27. The number of anilines is 1. The molecular weight excluding hydrogens is 366 g/mol. The van der Waals surface area contributed by atoms with Crippen LogP contribution >= 0.6 is 0 Å². The van der Waals surface area contributed by atoms with E-state index in [0.29, 0.717) is 26.2 Å². The van der Waals surface area contributed by atoms with E-state index in [0.717, 1.165) is 35.1 Å². The number of amides is 1. The summed E-state index contributed by atoms with van der Waals surface area (Å²) in [6.07, 6.45) is 0. The van der Waals surface area contributed by atoms with Gasteiger partial charge in [0.05, 0.1) is 13.7 Å². The molecule has 154 valence electrons. The lowest BCUT2D eigenvalue weighted by Gasteiger charge is -2.28. The van der Waals surface area contributed by atoms with Crippen molar-refractivity contribution < 1.29 is 9.53 Å². The highest BCUT2D eigenvalue weighted by Gasteiger charge is 2.16. The SMILES string of the molecule is CN=C(NCc1ccc(N2CCNC(=O)C2)cc1)NCc1ccc(C)cc1OC. The highest BCUT2D eigenvalue weighted by molar-refractivity contribution is 5.82. The van der Waals surface area contributed by atoms with Crippen LogP contribution in [0.4, 0.5) is 5.69 Å². The lowest BCUT2D eigenvalue weighted by atomic mass is 10.1. The topological polar surface area (TPSA) is 78.0 Å². The molecule has 1 heterocycles. The van der Waals surface area contributed by atoms with Gasteiger partial charge in [-0.1, -0.05) is 24.3 Å². The third kappa shape index (κ3) is 5.63. The van der Waals surface area contributed by atoms with Crippen LogP contribution in [-0.4, -0.2) is 45.7 Å². The summed E-state index contributed by atoms with van der Waals surface area (Å²) in [4.78, 5) is 17.9. The first kappa shape index (κ1) is 20.5. The predicted octanol–water partition coefficient (Wildman–Crippen LogP) is 1.81. The quantitative estimate of drug-likeness (QED) is 0.514. The van der Waals surface area contributed by atoms with E-state index < -0.39 is 0 Å². The monoisotopic (exact) mass is 395 g/mol. The van der Waals surface area contributed by atoms with E-state index in [9.17, 15) is 4.79 Å². The van der Waals surface area contributed by atoms with Crippen molar-refractivity contribution in [1.29, 1.82) is 0 Å². The van der Waals surface area contributed by atoms with Gasteiger partial charge in [-0.15, -0.1) is 0 Å². The number of nitrogens with zero attached hydrogens (tertiary/aromatic N) is 2. The molecule has 0 bridgehead atoms. The van der Waals surface area contributed by atoms with Crippen molar-refractivity contribution in [2.45, 2.75) is 20.0 Å². The van der Waals surface area contributed by atoms with Crippen molar-refractivity contribution in [3.63, 3.8) is 0 Å². The Bertz CT molecular complexity index is 864. The molecule has 7 nitrogen and oxygen atoms in total. The molecule has 0 aliphatic carbocycles. The molecule has 0 spiro atoms. The van der Waals surface area contributed by atoms with E-state index in [1.165, 1.54) is 5.56 Å². The van der Waals surface area contributed by atoms with Crippen LogP contribution in [0.2, 0.25) is 0 Å². The highest BCUT2D eigenvalue weighted by Crippen LogP contribution is 2.19. The number of ether oxygens (including phenoxy) is 1. The van der Waals surface area contributed by atoms with Crippen LogP contribution in [-0.2, 0) is 17.9 Å². The molecule has 29 heavy (non-hydrogen) atoms. The minimum absolute atomic E-state index is 0.0714. The van der Waals surface area contributed by atoms with Crippen molar-refractivity contribution in [3.05, 3.63) is 59.2 Å². The number of aryl methyl sites for hydroxylation is 1. The zero-order chi connectivity index (χ0) is 20.6. The molecule has 1 fully saturated rings. The Morgan fingerprint density at radius 3 is 2.62 bits per heavy atom. The van der Waals surface area contributed by atoms with E-state index in [1.807, 2.05) is 13.0 Å². The molecule has 0 radical (unpaired) electrons. The Morgan fingerprint density at radius 1 is 1.17 bits per heavy atom. The summed E-state index contributed by atoms with van der Waals surface area (Å²) in [6.45, 7) is 5.27. The van der Waals surface area contributed by atoms with E-state index in [2.05, 4.69) is 62.2 Å². The zero-order valence-corrected chi connectivity index (χ0v) is 17.3. The highest BCUT2D eigenvalue weighted by atomic mass is 16.5. The molecule has 1 amide bonds. The first-order valence-electron chi connectivity index (χ1n) is 9.77. The zero-order valence-electron chi connectivity index (χ0n) is 17.3. The maximum atomic E-state index is 11.6. The van der Waals surface area contributed by atoms with Crippen LogP contribution in [0.5, 0.6) is 5.75 Å². The van der Waals surface area contributed by atoms with Gasteiger partial charge in [-0.25, -0.2) is 0 Å². The normalized spacial score (nSPS) is 14.4. The fraction of sp³-hybridized carbons (Fsp3) is 0.364. The molecule has 1 saturated heterocycles. The number of nitrogens with one attached hydrogen (secondary N) is 3. The molecule has 0 saturated carbocycles. The summed E-state index contributed by atoms with van der Waals surface area (Å²) < 4.78 is 5.46. The summed E-state index contributed by atoms with van der Waals surface area (Å²) in [5.41, 5.74) is 4.46. The number of aliphatic imine (C=N–C) groups is 1. The van der Waals surface area contributed by atoms with Gasteiger partial charge in [0.25, 0.3) is 0 Å². The Labute approximate surface area is 172 Å². The van der Waals surface area contributed by atoms with Crippen LogP contribution in [0.1, 0.15) is 16.7 Å². The van der Waals surface area contributed by atoms with Crippen LogP contribution in [0.15, 0.2) is 47.5 Å². The van der Waals surface area contributed by atoms with Gasteiger partial charge in [0, 0.05) is 44.5 Å². The van der Waals surface area contributed by atoms with Gasteiger partial charge in [0.1, 0.15) is 5.75 Å². The number of benzene rings is 2. The van der Waals surface area contributed by atoms with Gasteiger partial charge >= 0.3 is 0 Å². The van der Waals surface area contributed by atoms with Gasteiger partial charge < -0.3 is 25.6 Å². The first-order valence-corrected chi connectivity index (χ1v) is 9.77. The summed E-state index contributed by atoms with van der Waals surface area (Å²) in [5.74, 6) is 1.67. The predicted molar refractivity (Wildman–Crippen MR) is 116 cm³/mol. The van der Waals surface area contributed by atoms with Crippen LogP contribution in [0.3, 0.4) is 0 Å². The minimum atomic E-state index is 0.0714. The van der Waals surface area contributed by atoms with E-state index in [1.54, 1.807) is 14.2 Å². The van der Waals surface area contributed by atoms with Crippen molar-refractivity contribution >= 4 is 17.6 Å². The number of hydrogen-bond acceptors (Lipinski definition) is 4. The smallest absolute Gasteiger partial charge is 0.239 e. The molecule has 2 aromatic rings. The molecule has 1 aliphatic heterocycles. The Balaban J connectivity index is 1.52. The average molecular weight is 396 g/mol. The van der Waals surface area contributed by atoms with Crippen molar-refractivity contribution in [2.24, 2.45) is 4.99 Å². The summed E-state index contributed by atoms with van der Waals surface area (Å²) in [5, 5.41) is 9.50.